The number of nitrogens with zero attached hydrogens (tertiary/aromatic N) is 3. The van der Waals surface area contributed by atoms with E-state index >= 15 is 0 Å². The van der Waals surface area contributed by atoms with Crippen molar-refractivity contribution in [2.75, 3.05) is 33.4 Å². The molecule has 1 aliphatic carbocycles. The molecule has 1 heterocycles. The zero-order valence-corrected chi connectivity index (χ0v) is 16.6. The van der Waals surface area contributed by atoms with Crippen LogP contribution in [-0.4, -0.2) is 49.2 Å². The van der Waals surface area contributed by atoms with Crippen molar-refractivity contribution in [1.82, 2.24) is 15.2 Å². The Morgan fingerprint density at radius 1 is 1.33 bits per heavy atom. The van der Waals surface area contributed by atoms with Crippen LogP contribution in [-0.2, 0) is 11.3 Å². The van der Waals surface area contributed by atoms with Crippen molar-refractivity contribution >= 4 is 5.96 Å². The number of rotatable bonds is 9. The van der Waals surface area contributed by atoms with Crippen LogP contribution >= 0.6 is 0 Å². The molecule has 1 saturated carbocycles. The van der Waals surface area contributed by atoms with Gasteiger partial charge in [0.25, 0.3) is 0 Å². The second-order valence-electron chi connectivity index (χ2n) is 7.12. The summed E-state index contributed by atoms with van der Waals surface area (Å²) in [6, 6.07) is 8.16. The van der Waals surface area contributed by atoms with Gasteiger partial charge in [0.1, 0.15) is 12.0 Å². The predicted molar refractivity (Wildman–Crippen MR) is 108 cm³/mol. The first-order valence-corrected chi connectivity index (χ1v) is 9.74. The van der Waals surface area contributed by atoms with Gasteiger partial charge in [-0.05, 0) is 44.7 Å². The fraction of sp³-hybridized carbons (Fsp3) is 0.524. The normalized spacial score (nSPS) is 14.4. The third kappa shape index (κ3) is 6.10. The topological polar surface area (TPSA) is 62.9 Å². The lowest BCUT2D eigenvalue weighted by Crippen LogP contribution is -2.40. The number of oxazole rings is 1. The molecule has 0 amide bonds. The molecule has 1 aromatic heterocycles. The molecule has 6 heteroatoms. The highest BCUT2D eigenvalue weighted by molar-refractivity contribution is 5.79. The second-order valence-corrected chi connectivity index (χ2v) is 7.12. The lowest BCUT2D eigenvalue weighted by atomic mass is 10.1. The number of hydrogen-bond donors (Lipinski definition) is 1. The highest BCUT2D eigenvalue weighted by Crippen LogP contribution is 2.28. The number of benzene rings is 1. The van der Waals surface area contributed by atoms with Gasteiger partial charge in [-0.1, -0.05) is 17.7 Å². The standard InChI is InChI=1S/C21H30N4O2/c1-4-22-21(25(3)11-12-26-14-17-7-8-17)23-13-19-15-27-20(24-19)18-9-5-16(2)6-10-18/h5-6,9-10,15,17H,4,7-8,11-14H2,1-3H3,(H,22,23). The summed E-state index contributed by atoms with van der Waals surface area (Å²) < 4.78 is 11.3. The minimum Gasteiger partial charge on any atom is -0.444 e. The van der Waals surface area contributed by atoms with E-state index in [1.165, 1.54) is 18.4 Å². The molecule has 1 aromatic carbocycles. The molecular weight excluding hydrogens is 340 g/mol. The average Bonchev–Trinajstić information content (AvgIpc) is 3.38. The number of aromatic nitrogens is 1. The third-order valence-corrected chi connectivity index (χ3v) is 4.56. The summed E-state index contributed by atoms with van der Waals surface area (Å²) >= 11 is 0. The molecule has 1 N–H and O–H groups in total. The zero-order valence-electron chi connectivity index (χ0n) is 16.6. The average molecular weight is 370 g/mol. The van der Waals surface area contributed by atoms with Gasteiger partial charge in [-0.25, -0.2) is 9.98 Å². The highest BCUT2D eigenvalue weighted by Gasteiger charge is 2.21. The van der Waals surface area contributed by atoms with Crippen LogP contribution in [0.5, 0.6) is 0 Å². The van der Waals surface area contributed by atoms with Crippen LogP contribution in [0.4, 0.5) is 0 Å². The summed E-state index contributed by atoms with van der Waals surface area (Å²) in [5, 5.41) is 3.32. The summed E-state index contributed by atoms with van der Waals surface area (Å²) in [6.45, 7) is 7.85. The third-order valence-electron chi connectivity index (χ3n) is 4.56. The van der Waals surface area contributed by atoms with E-state index in [-0.39, 0.29) is 0 Å². The predicted octanol–water partition coefficient (Wildman–Crippen LogP) is 3.47. The van der Waals surface area contributed by atoms with E-state index in [1.807, 2.05) is 19.2 Å². The van der Waals surface area contributed by atoms with Crippen LogP contribution in [0.2, 0.25) is 0 Å². The molecule has 0 atom stereocenters. The van der Waals surface area contributed by atoms with Gasteiger partial charge >= 0.3 is 0 Å². The number of ether oxygens (including phenoxy) is 1. The summed E-state index contributed by atoms with van der Waals surface area (Å²) in [7, 11) is 2.03. The number of aryl methyl sites for hydroxylation is 1. The molecule has 0 aliphatic heterocycles. The number of likely N-dealkylation sites (N-methyl/N-ethyl adjacent to an activating group) is 1. The maximum atomic E-state index is 5.73. The first kappa shape index (κ1) is 19.4. The van der Waals surface area contributed by atoms with Crippen molar-refractivity contribution in [3.05, 3.63) is 41.8 Å². The fourth-order valence-corrected chi connectivity index (χ4v) is 2.68. The largest absolute Gasteiger partial charge is 0.444 e. The Balaban J connectivity index is 1.54. The molecule has 3 rings (SSSR count). The number of aliphatic imine (C=N–C) groups is 1. The lowest BCUT2D eigenvalue weighted by molar-refractivity contribution is 0.115. The summed E-state index contributed by atoms with van der Waals surface area (Å²) in [5.41, 5.74) is 3.02. The van der Waals surface area contributed by atoms with Crippen LogP contribution in [0.3, 0.4) is 0 Å². The summed E-state index contributed by atoms with van der Waals surface area (Å²) in [6.07, 6.45) is 4.32. The molecule has 1 fully saturated rings. The minimum absolute atomic E-state index is 0.477. The second kappa shape index (κ2) is 9.55. The van der Waals surface area contributed by atoms with Crippen molar-refractivity contribution in [3.8, 4) is 11.5 Å². The van der Waals surface area contributed by atoms with Gasteiger partial charge in [0.15, 0.2) is 5.96 Å². The van der Waals surface area contributed by atoms with Gasteiger partial charge in [0, 0.05) is 32.3 Å². The molecule has 1 aliphatic rings. The molecular formula is C21H30N4O2. The quantitative estimate of drug-likeness (QED) is 0.416. The van der Waals surface area contributed by atoms with Crippen molar-refractivity contribution < 1.29 is 9.15 Å². The maximum Gasteiger partial charge on any atom is 0.226 e. The van der Waals surface area contributed by atoms with E-state index in [0.717, 1.165) is 49.4 Å². The molecule has 0 unspecified atom stereocenters. The van der Waals surface area contributed by atoms with E-state index < -0.39 is 0 Å². The smallest absolute Gasteiger partial charge is 0.226 e. The van der Waals surface area contributed by atoms with Gasteiger partial charge in [-0.2, -0.15) is 0 Å². The molecule has 0 spiro atoms. The van der Waals surface area contributed by atoms with E-state index in [1.54, 1.807) is 6.26 Å². The first-order chi connectivity index (χ1) is 13.2. The number of guanidine groups is 1. The SMILES string of the molecule is CCNC(=NCc1coc(-c2ccc(C)cc2)n1)N(C)CCOCC1CC1. The van der Waals surface area contributed by atoms with Crippen molar-refractivity contribution in [2.24, 2.45) is 10.9 Å². The van der Waals surface area contributed by atoms with E-state index in [0.29, 0.717) is 12.4 Å². The first-order valence-electron chi connectivity index (χ1n) is 9.74. The lowest BCUT2D eigenvalue weighted by Gasteiger charge is -2.21. The Hall–Kier alpha value is -2.34. The maximum absolute atomic E-state index is 5.73. The molecule has 0 radical (unpaired) electrons. The van der Waals surface area contributed by atoms with Crippen molar-refractivity contribution in [2.45, 2.75) is 33.2 Å². The van der Waals surface area contributed by atoms with Gasteiger partial charge in [-0.3, -0.25) is 0 Å². The summed E-state index contributed by atoms with van der Waals surface area (Å²) in [5.74, 6) is 2.28. The van der Waals surface area contributed by atoms with Crippen LogP contribution in [0.25, 0.3) is 11.5 Å². The Morgan fingerprint density at radius 2 is 2.11 bits per heavy atom. The van der Waals surface area contributed by atoms with Gasteiger partial charge in [-0.15, -0.1) is 0 Å². The van der Waals surface area contributed by atoms with Crippen LogP contribution in [0, 0.1) is 12.8 Å². The molecule has 2 aromatic rings. The van der Waals surface area contributed by atoms with Gasteiger partial charge < -0.3 is 19.4 Å². The Bertz CT molecular complexity index is 735. The van der Waals surface area contributed by atoms with E-state index in [4.69, 9.17) is 9.15 Å². The Morgan fingerprint density at radius 3 is 2.81 bits per heavy atom. The fourth-order valence-electron chi connectivity index (χ4n) is 2.68. The summed E-state index contributed by atoms with van der Waals surface area (Å²) in [4.78, 5) is 11.3. The minimum atomic E-state index is 0.477. The Kier molecular flexibility index (Phi) is 6.87. The Labute approximate surface area is 161 Å². The van der Waals surface area contributed by atoms with Gasteiger partial charge in [0.2, 0.25) is 5.89 Å². The zero-order chi connectivity index (χ0) is 19.1. The van der Waals surface area contributed by atoms with Crippen molar-refractivity contribution in [1.29, 1.82) is 0 Å². The molecule has 6 nitrogen and oxygen atoms in total. The van der Waals surface area contributed by atoms with E-state index in [2.05, 4.69) is 46.2 Å². The molecule has 27 heavy (non-hydrogen) atoms. The molecule has 0 bridgehead atoms. The molecule has 146 valence electrons. The van der Waals surface area contributed by atoms with E-state index in [9.17, 15) is 0 Å². The van der Waals surface area contributed by atoms with Crippen LogP contribution in [0.1, 0.15) is 31.0 Å². The number of hydrogen-bond acceptors (Lipinski definition) is 4. The van der Waals surface area contributed by atoms with Crippen LogP contribution < -0.4 is 5.32 Å². The van der Waals surface area contributed by atoms with Gasteiger partial charge in [0.05, 0.1) is 13.2 Å². The monoisotopic (exact) mass is 370 g/mol. The van der Waals surface area contributed by atoms with Crippen molar-refractivity contribution in [3.63, 3.8) is 0 Å². The number of nitrogens with one attached hydrogen (secondary N) is 1. The highest BCUT2D eigenvalue weighted by atomic mass is 16.5. The molecule has 0 saturated heterocycles. The van der Waals surface area contributed by atoms with Crippen LogP contribution in [0.15, 0.2) is 39.9 Å².